The Hall–Kier alpha value is -2.38. The van der Waals surface area contributed by atoms with Gasteiger partial charge in [-0.2, -0.15) is 0 Å². The van der Waals surface area contributed by atoms with Gasteiger partial charge in [0.1, 0.15) is 0 Å². The Bertz CT molecular complexity index is 915. The third-order valence-corrected chi connectivity index (χ3v) is 6.25. The summed E-state index contributed by atoms with van der Waals surface area (Å²) in [6, 6.07) is 7.31. The fourth-order valence-corrected chi connectivity index (χ4v) is 4.83. The molecule has 2 fully saturated rings. The number of aromatic nitrogens is 2. The summed E-state index contributed by atoms with van der Waals surface area (Å²) in [6.07, 6.45) is 4.36. The van der Waals surface area contributed by atoms with E-state index in [1.54, 1.807) is 10.8 Å². The highest BCUT2D eigenvalue weighted by Gasteiger charge is 2.28. The van der Waals surface area contributed by atoms with Crippen LogP contribution >= 0.6 is 0 Å². The number of benzene rings is 1. The van der Waals surface area contributed by atoms with Crippen LogP contribution in [0, 0.1) is 12.8 Å². The van der Waals surface area contributed by atoms with E-state index in [4.69, 9.17) is 4.74 Å². The molecule has 2 unspecified atom stereocenters. The molecule has 0 bridgehead atoms. The molecule has 30 heavy (non-hydrogen) atoms. The van der Waals surface area contributed by atoms with E-state index >= 15 is 0 Å². The molecule has 2 aliphatic heterocycles. The molecule has 2 aliphatic rings. The largest absolute Gasteiger partial charge is 0.373 e. The molecule has 1 N–H and O–H groups in total. The van der Waals surface area contributed by atoms with Crippen molar-refractivity contribution in [3.05, 3.63) is 52.2 Å². The molecular weight excluding hydrogens is 380 g/mol. The molecule has 0 aliphatic carbocycles. The number of aryl methyl sites for hydroxylation is 1. The first-order chi connectivity index (χ1) is 14.4. The summed E-state index contributed by atoms with van der Waals surface area (Å²) in [7, 11) is 0. The Morgan fingerprint density at radius 2 is 1.73 bits per heavy atom. The number of ether oxygens (including phenoxy) is 1. The van der Waals surface area contributed by atoms with Gasteiger partial charge in [-0.3, -0.25) is 14.3 Å². The molecule has 4 rings (SSSR count). The highest BCUT2D eigenvalue weighted by Crippen LogP contribution is 2.22. The average molecular weight is 413 g/mol. The van der Waals surface area contributed by atoms with Crippen molar-refractivity contribution < 1.29 is 9.53 Å². The van der Waals surface area contributed by atoms with Gasteiger partial charge >= 0.3 is 5.69 Å². The van der Waals surface area contributed by atoms with Crippen molar-refractivity contribution in [2.45, 2.75) is 45.8 Å². The van der Waals surface area contributed by atoms with Crippen LogP contribution in [0.15, 0.2) is 35.3 Å². The normalized spacial score (nSPS) is 23.6. The van der Waals surface area contributed by atoms with E-state index in [0.717, 1.165) is 56.9 Å². The average Bonchev–Trinajstić information content (AvgIpc) is 3.05. The lowest BCUT2D eigenvalue weighted by atomic mass is 9.95. The van der Waals surface area contributed by atoms with Crippen LogP contribution in [-0.4, -0.2) is 70.2 Å². The number of hydrogen-bond acceptors (Lipinski definition) is 4. The SMILES string of the molecule is Cc1c[nH]c(=O)n1-c1ccc(C(=O)N2CCC(CN3CC(C)OC(C)C3)CC2)cc1. The van der Waals surface area contributed by atoms with Crippen molar-refractivity contribution in [1.29, 1.82) is 0 Å². The fraction of sp³-hybridized carbons (Fsp3) is 0.565. The van der Waals surface area contributed by atoms with Crippen molar-refractivity contribution in [3.8, 4) is 5.69 Å². The van der Waals surface area contributed by atoms with Gasteiger partial charge in [-0.05, 0) is 63.8 Å². The number of carbonyl (C=O) groups excluding carboxylic acids is 1. The van der Waals surface area contributed by atoms with Gasteiger partial charge in [0.2, 0.25) is 0 Å². The van der Waals surface area contributed by atoms with Crippen molar-refractivity contribution >= 4 is 5.91 Å². The number of nitrogens with one attached hydrogen (secondary N) is 1. The fourth-order valence-electron chi connectivity index (χ4n) is 4.83. The standard InChI is InChI=1S/C23H32N4O3/c1-16-12-24-23(29)27(16)21-6-4-20(5-7-21)22(28)26-10-8-19(9-11-26)15-25-13-17(2)30-18(3)14-25/h4-7,12,17-19H,8-11,13-15H2,1-3H3,(H,24,29). The summed E-state index contributed by atoms with van der Waals surface area (Å²) in [4.78, 5) is 32.0. The van der Waals surface area contributed by atoms with E-state index in [1.165, 1.54) is 0 Å². The summed E-state index contributed by atoms with van der Waals surface area (Å²) in [6.45, 7) is 10.9. The van der Waals surface area contributed by atoms with Crippen LogP contribution in [-0.2, 0) is 4.74 Å². The van der Waals surface area contributed by atoms with Gasteiger partial charge in [0.05, 0.1) is 17.9 Å². The summed E-state index contributed by atoms with van der Waals surface area (Å²) in [5.74, 6) is 0.712. The first-order valence-electron chi connectivity index (χ1n) is 10.9. The minimum absolute atomic E-state index is 0.0757. The van der Waals surface area contributed by atoms with Gasteiger partial charge in [-0.15, -0.1) is 0 Å². The van der Waals surface area contributed by atoms with E-state index in [-0.39, 0.29) is 11.6 Å². The minimum atomic E-state index is -0.169. The number of amides is 1. The van der Waals surface area contributed by atoms with Crippen LogP contribution in [0.25, 0.3) is 5.69 Å². The van der Waals surface area contributed by atoms with E-state index in [9.17, 15) is 9.59 Å². The Morgan fingerprint density at radius 3 is 2.30 bits per heavy atom. The van der Waals surface area contributed by atoms with Gasteiger partial charge in [0.15, 0.2) is 0 Å². The quantitative estimate of drug-likeness (QED) is 0.837. The summed E-state index contributed by atoms with van der Waals surface area (Å²) in [5.41, 5.74) is 2.11. The molecule has 7 nitrogen and oxygen atoms in total. The molecular formula is C23H32N4O3. The van der Waals surface area contributed by atoms with Gasteiger partial charge in [-0.25, -0.2) is 4.79 Å². The second kappa shape index (κ2) is 8.78. The Kier molecular flexibility index (Phi) is 6.11. The molecule has 162 valence electrons. The molecule has 7 heteroatoms. The molecule has 1 aromatic heterocycles. The number of imidazole rings is 1. The highest BCUT2D eigenvalue weighted by molar-refractivity contribution is 5.94. The number of nitrogens with zero attached hydrogens (tertiary/aromatic N) is 3. The lowest BCUT2D eigenvalue weighted by Crippen LogP contribution is -2.48. The topological polar surface area (TPSA) is 70.6 Å². The van der Waals surface area contributed by atoms with Crippen LogP contribution < -0.4 is 5.69 Å². The second-order valence-corrected chi connectivity index (χ2v) is 8.83. The maximum atomic E-state index is 12.9. The zero-order valence-corrected chi connectivity index (χ0v) is 18.1. The van der Waals surface area contributed by atoms with Crippen LogP contribution in [0.2, 0.25) is 0 Å². The molecule has 3 heterocycles. The third-order valence-electron chi connectivity index (χ3n) is 6.25. The van der Waals surface area contributed by atoms with Crippen LogP contribution in [0.5, 0.6) is 0 Å². The van der Waals surface area contributed by atoms with Crippen molar-refractivity contribution in [1.82, 2.24) is 19.4 Å². The number of rotatable bonds is 4. The van der Waals surface area contributed by atoms with Crippen LogP contribution in [0.4, 0.5) is 0 Å². The Balaban J connectivity index is 1.32. The van der Waals surface area contributed by atoms with Gasteiger partial charge < -0.3 is 14.6 Å². The second-order valence-electron chi connectivity index (χ2n) is 8.83. The summed E-state index contributed by atoms with van der Waals surface area (Å²) in [5, 5.41) is 0. The van der Waals surface area contributed by atoms with Crippen LogP contribution in [0.3, 0.4) is 0 Å². The first-order valence-corrected chi connectivity index (χ1v) is 10.9. The van der Waals surface area contributed by atoms with Crippen molar-refractivity contribution in [2.75, 3.05) is 32.7 Å². The maximum Gasteiger partial charge on any atom is 0.330 e. The van der Waals surface area contributed by atoms with E-state index in [1.807, 2.05) is 36.1 Å². The summed E-state index contributed by atoms with van der Waals surface area (Å²) < 4.78 is 7.44. The highest BCUT2D eigenvalue weighted by atomic mass is 16.5. The number of hydrogen-bond donors (Lipinski definition) is 1. The maximum absolute atomic E-state index is 12.9. The molecule has 0 spiro atoms. The Labute approximate surface area is 177 Å². The van der Waals surface area contributed by atoms with E-state index < -0.39 is 0 Å². The molecule has 1 aromatic carbocycles. The first kappa shape index (κ1) is 20.9. The van der Waals surface area contributed by atoms with Gasteiger partial charge in [-0.1, -0.05) is 0 Å². The van der Waals surface area contributed by atoms with Gasteiger partial charge in [0, 0.05) is 50.2 Å². The molecule has 2 saturated heterocycles. The smallest absolute Gasteiger partial charge is 0.330 e. The number of piperidine rings is 1. The molecule has 2 atom stereocenters. The third kappa shape index (κ3) is 4.52. The van der Waals surface area contributed by atoms with Crippen molar-refractivity contribution in [2.24, 2.45) is 5.92 Å². The number of morpholine rings is 1. The van der Waals surface area contributed by atoms with E-state index in [0.29, 0.717) is 23.7 Å². The minimum Gasteiger partial charge on any atom is -0.373 e. The van der Waals surface area contributed by atoms with Crippen molar-refractivity contribution in [3.63, 3.8) is 0 Å². The number of carbonyl (C=O) groups is 1. The molecule has 0 radical (unpaired) electrons. The molecule has 2 aromatic rings. The number of aromatic amines is 1. The summed E-state index contributed by atoms with van der Waals surface area (Å²) >= 11 is 0. The van der Waals surface area contributed by atoms with Crippen LogP contribution in [0.1, 0.15) is 42.7 Å². The molecule has 1 amide bonds. The lowest BCUT2D eigenvalue weighted by molar-refractivity contribution is -0.0728. The number of likely N-dealkylation sites (tertiary alicyclic amines) is 1. The monoisotopic (exact) mass is 412 g/mol. The predicted octanol–water partition coefficient (Wildman–Crippen LogP) is 2.44. The number of H-pyrrole nitrogens is 1. The zero-order valence-electron chi connectivity index (χ0n) is 18.1. The lowest BCUT2D eigenvalue weighted by Gasteiger charge is -2.39. The Morgan fingerprint density at radius 1 is 1.10 bits per heavy atom. The zero-order chi connectivity index (χ0) is 21.3. The van der Waals surface area contributed by atoms with Gasteiger partial charge in [0.25, 0.3) is 5.91 Å². The van der Waals surface area contributed by atoms with E-state index in [2.05, 4.69) is 23.7 Å². The molecule has 0 saturated carbocycles. The predicted molar refractivity (Wildman–Crippen MR) is 116 cm³/mol.